The number of nitrogens with zero attached hydrogens (tertiary/aromatic N) is 4. The van der Waals surface area contributed by atoms with Gasteiger partial charge in [-0.1, -0.05) is 11.8 Å². The van der Waals surface area contributed by atoms with Crippen molar-refractivity contribution in [2.45, 2.75) is 39.7 Å². The highest BCUT2D eigenvalue weighted by Gasteiger charge is 2.28. The van der Waals surface area contributed by atoms with Crippen molar-refractivity contribution in [1.29, 1.82) is 0 Å². The summed E-state index contributed by atoms with van der Waals surface area (Å²) in [4.78, 5) is 27.4. The van der Waals surface area contributed by atoms with Gasteiger partial charge in [0.25, 0.3) is 0 Å². The monoisotopic (exact) mass is 378 g/mol. The Hall–Kier alpha value is -3.14. The highest BCUT2D eigenvalue weighted by atomic mass is 16.2. The predicted molar refractivity (Wildman–Crippen MR) is 110 cm³/mol. The van der Waals surface area contributed by atoms with Crippen LogP contribution in [0.15, 0.2) is 24.5 Å². The van der Waals surface area contributed by atoms with E-state index in [9.17, 15) is 4.79 Å². The second-order valence-corrected chi connectivity index (χ2v) is 7.31. The molecule has 0 aliphatic carbocycles. The second-order valence-electron chi connectivity index (χ2n) is 7.31. The molecule has 7 heteroatoms. The Kier molecular flexibility index (Phi) is 6.09. The normalized spacial score (nSPS) is 16.4. The van der Waals surface area contributed by atoms with Crippen LogP contribution in [0.4, 0.5) is 11.8 Å². The molecule has 1 fully saturated rings. The summed E-state index contributed by atoms with van der Waals surface area (Å²) >= 11 is 0. The van der Waals surface area contributed by atoms with Crippen LogP contribution >= 0.6 is 0 Å². The van der Waals surface area contributed by atoms with E-state index in [2.05, 4.69) is 37.0 Å². The average Bonchev–Trinajstić information content (AvgIpc) is 2.67. The number of carbonyl (C=O) groups excluding carboxylic acids is 1. The zero-order valence-corrected chi connectivity index (χ0v) is 16.6. The standard InChI is InChI=1S/C21H26N6O/c1-14(2)24-20(28)17-7-5-11-27(13-17)19-18(15(3)25-21(22)26-19)9-8-16-6-4-10-23-12-16/h4,6,10,12,14,17H,5,7,11,13H2,1-3H3,(H,24,28)(H2,22,25,26)/t17-/m1/s1. The molecule has 0 radical (unpaired) electrons. The minimum absolute atomic E-state index is 0.0771. The molecule has 0 aromatic carbocycles. The van der Waals surface area contributed by atoms with Gasteiger partial charge in [0.2, 0.25) is 11.9 Å². The third-order valence-corrected chi connectivity index (χ3v) is 4.60. The highest BCUT2D eigenvalue weighted by molar-refractivity contribution is 5.80. The van der Waals surface area contributed by atoms with Crippen LogP contribution in [0.3, 0.4) is 0 Å². The number of pyridine rings is 1. The van der Waals surface area contributed by atoms with Gasteiger partial charge in [0.15, 0.2) is 0 Å². The van der Waals surface area contributed by atoms with Gasteiger partial charge in [-0.2, -0.15) is 4.98 Å². The molecular formula is C21H26N6O. The molecular weight excluding hydrogens is 352 g/mol. The molecule has 1 atom stereocenters. The van der Waals surface area contributed by atoms with E-state index in [4.69, 9.17) is 5.73 Å². The fraction of sp³-hybridized carbons (Fsp3) is 0.429. The summed E-state index contributed by atoms with van der Waals surface area (Å²) in [5.74, 6) is 7.23. The number of rotatable bonds is 3. The molecule has 1 aliphatic heterocycles. The van der Waals surface area contributed by atoms with E-state index in [-0.39, 0.29) is 23.8 Å². The van der Waals surface area contributed by atoms with Crippen molar-refractivity contribution in [1.82, 2.24) is 20.3 Å². The molecule has 1 saturated heterocycles. The second kappa shape index (κ2) is 8.70. The zero-order chi connectivity index (χ0) is 20.1. The van der Waals surface area contributed by atoms with Gasteiger partial charge in [0.05, 0.1) is 17.2 Å². The Morgan fingerprint density at radius 1 is 1.36 bits per heavy atom. The van der Waals surface area contributed by atoms with Crippen LogP contribution in [0.2, 0.25) is 0 Å². The van der Waals surface area contributed by atoms with Crippen molar-refractivity contribution in [2.24, 2.45) is 5.92 Å². The molecule has 3 rings (SSSR count). The number of nitrogens with one attached hydrogen (secondary N) is 1. The van der Waals surface area contributed by atoms with Crippen LogP contribution in [0, 0.1) is 24.7 Å². The third kappa shape index (κ3) is 4.77. The van der Waals surface area contributed by atoms with Crippen molar-refractivity contribution in [2.75, 3.05) is 23.7 Å². The van der Waals surface area contributed by atoms with Gasteiger partial charge in [0.1, 0.15) is 5.82 Å². The number of carbonyl (C=O) groups is 1. The van der Waals surface area contributed by atoms with E-state index in [0.29, 0.717) is 12.4 Å². The van der Waals surface area contributed by atoms with Crippen LogP contribution in [0.5, 0.6) is 0 Å². The van der Waals surface area contributed by atoms with Gasteiger partial charge >= 0.3 is 0 Å². The largest absolute Gasteiger partial charge is 0.368 e. The summed E-state index contributed by atoms with van der Waals surface area (Å²) in [6, 6.07) is 3.88. The summed E-state index contributed by atoms with van der Waals surface area (Å²) in [6.07, 6.45) is 5.21. The third-order valence-electron chi connectivity index (χ3n) is 4.60. The SMILES string of the molecule is Cc1nc(N)nc(N2CCC[C@@H](C(=O)NC(C)C)C2)c1C#Cc1cccnc1. The molecule has 2 aromatic heterocycles. The van der Waals surface area contributed by atoms with E-state index in [0.717, 1.165) is 36.2 Å². The van der Waals surface area contributed by atoms with Crippen molar-refractivity contribution in [3.63, 3.8) is 0 Å². The maximum absolute atomic E-state index is 12.5. The van der Waals surface area contributed by atoms with Gasteiger partial charge in [0, 0.05) is 37.1 Å². The molecule has 0 saturated carbocycles. The number of hydrogen-bond acceptors (Lipinski definition) is 6. The molecule has 1 amide bonds. The van der Waals surface area contributed by atoms with E-state index in [1.165, 1.54) is 0 Å². The summed E-state index contributed by atoms with van der Waals surface area (Å²) in [5.41, 5.74) is 8.20. The molecule has 0 bridgehead atoms. The van der Waals surface area contributed by atoms with Crippen LogP contribution in [0.25, 0.3) is 0 Å². The Balaban J connectivity index is 1.91. The van der Waals surface area contributed by atoms with Crippen molar-refractivity contribution in [3.8, 4) is 11.8 Å². The molecule has 2 aromatic rings. The van der Waals surface area contributed by atoms with Gasteiger partial charge in [-0.25, -0.2) is 4.98 Å². The van der Waals surface area contributed by atoms with Crippen LogP contribution < -0.4 is 16.0 Å². The fourth-order valence-electron chi connectivity index (χ4n) is 3.31. The maximum Gasteiger partial charge on any atom is 0.225 e. The minimum atomic E-state index is -0.0771. The number of nitrogen functional groups attached to an aromatic ring is 1. The summed E-state index contributed by atoms with van der Waals surface area (Å²) in [6.45, 7) is 7.22. The first-order valence-electron chi connectivity index (χ1n) is 9.55. The molecule has 3 heterocycles. The lowest BCUT2D eigenvalue weighted by molar-refractivity contribution is -0.125. The predicted octanol–water partition coefficient (Wildman–Crippen LogP) is 1.90. The van der Waals surface area contributed by atoms with E-state index < -0.39 is 0 Å². The van der Waals surface area contributed by atoms with Crippen LogP contribution in [-0.4, -0.2) is 40.0 Å². The minimum Gasteiger partial charge on any atom is -0.368 e. The van der Waals surface area contributed by atoms with Crippen LogP contribution in [0.1, 0.15) is 43.5 Å². The van der Waals surface area contributed by atoms with Crippen molar-refractivity contribution in [3.05, 3.63) is 41.3 Å². The molecule has 28 heavy (non-hydrogen) atoms. The first-order valence-corrected chi connectivity index (χ1v) is 9.55. The van der Waals surface area contributed by atoms with Crippen LogP contribution in [-0.2, 0) is 4.79 Å². The lowest BCUT2D eigenvalue weighted by atomic mass is 9.96. The quantitative estimate of drug-likeness (QED) is 0.792. The first-order chi connectivity index (χ1) is 13.4. The molecule has 7 nitrogen and oxygen atoms in total. The topological polar surface area (TPSA) is 97.0 Å². The first kappa shape index (κ1) is 19.6. The van der Waals surface area contributed by atoms with E-state index >= 15 is 0 Å². The Morgan fingerprint density at radius 3 is 2.89 bits per heavy atom. The molecule has 146 valence electrons. The number of amides is 1. The zero-order valence-electron chi connectivity index (χ0n) is 16.6. The van der Waals surface area contributed by atoms with E-state index in [1.54, 1.807) is 12.4 Å². The Morgan fingerprint density at radius 2 is 2.18 bits per heavy atom. The number of piperidine rings is 1. The van der Waals surface area contributed by atoms with Gasteiger partial charge < -0.3 is 16.0 Å². The summed E-state index contributed by atoms with van der Waals surface area (Å²) in [7, 11) is 0. The Labute approximate surface area is 165 Å². The average molecular weight is 378 g/mol. The number of anilines is 2. The number of hydrogen-bond donors (Lipinski definition) is 2. The Bertz CT molecular complexity index is 900. The van der Waals surface area contributed by atoms with Gasteiger partial charge in [-0.15, -0.1) is 0 Å². The van der Waals surface area contributed by atoms with E-state index in [1.807, 2.05) is 32.9 Å². The number of aromatic nitrogens is 3. The molecule has 3 N–H and O–H groups in total. The lowest BCUT2D eigenvalue weighted by Gasteiger charge is -2.34. The number of nitrogens with two attached hydrogens (primary N) is 1. The molecule has 0 unspecified atom stereocenters. The smallest absolute Gasteiger partial charge is 0.225 e. The molecule has 0 spiro atoms. The maximum atomic E-state index is 12.5. The van der Waals surface area contributed by atoms with Gasteiger partial charge in [-0.05, 0) is 45.7 Å². The molecule has 1 aliphatic rings. The summed E-state index contributed by atoms with van der Waals surface area (Å²) < 4.78 is 0. The lowest BCUT2D eigenvalue weighted by Crippen LogP contribution is -2.45. The number of aryl methyl sites for hydroxylation is 1. The fourth-order valence-corrected chi connectivity index (χ4v) is 3.31. The van der Waals surface area contributed by atoms with Crippen molar-refractivity contribution < 1.29 is 4.79 Å². The van der Waals surface area contributed by atoms with Gasteiger partial charge in [-0.3, -0.25) is 9.78 Å². The van der Waals surface area contributed by atoms with Crippen molar-refractivity contribution >= 4 is 17.7 Å². The summed E-state index contributed by atoms with van der Waals surface area (Å²) in [5, 5.41) is 3.01. The highest BCUT2D eigenvalue weighted by Crippen LogP contribution is 2.26.